The first-order valence-electron chi connectivity index (χ1n) is 10.5. The summed E-state index contributed by atoms with van der Waals surface area (Å²) in [5.41, 5.74) is 1.63. The zero-order valence-electron chi connectivity index (χ0n) is 18.4. The van der Waals surface area contributed by atoms with Gasteiger partial charge in [-0.15, -0.1) is 0 Å². The molecule has 0 aliphatic carbocycles. The van der Waals surface area contributed by atoms with Gasteiger partial charge in [-0.25, -0.2) is 4.39 Å². The number of halogens is 4. The molecule has 2 aromatic carbocycles. The van der Waals surface area contributed by atoms with Crippen molar-refractivity contribution in [3.63, 3.8) is 0 Å². The predicted octanol–water partition coefficient (Wildman–Crippen LogP) is 5.47. The van der Waals surface area contributed by atoms with Crippen molar-refractivity contribution in [2.45, 2.75) is 32.0 Å². The minimum absolute atomic E-state index is 0.223. The third kappa shape index (κ3) is 6.09. The van der Waals surface area contributed by atoms with Crippen LogP contribution in [0.3, 0.4) is 0 Å². The number of nitrogens with one attached hydrogen (secondary N) is 1. The summed E-state index contributed by atoms with van der Waals surface area (Å²) in [6, 6.07) is 15.6. The molecular formula is C25H25F4N3O. The number of aromatic nitrogens is 1. The highest BCUT2D eigenvalue weighted by Gasteiger charge is 2.32. The van der Waals surface area contributed by atoms with E-state index in [4.69, 9.17) is 0 Å². The van der Waals surface area contributed by atoms with Crippen molar-refractivity contribution in [2.24, 2.45) is 0 Å². The van der Waals surface area contributed by atoms with Crippen molar-refractivity contribution in [3.05, 3.63) is 95.1 Å². The van der Waals surface area contributed by atoms with Gasteiger partial charge in [-0.1, -0.05) is 36.4 Å². The number of carbonyl (C=O) groups is 1. The molecule has 3 aromatic rings. The van der Waals surface area contributed by atoms with Crippen LogP contribution in [0.1, 0.15) is 34.8 Å². The highest BCUT2D eigenvalue weighted by Crippen LogP contribution is 2.30. The first-order chi connectivity index (χ1) is 15.7. The Labute approximate surface area is 190 Å². The fourth-order valence-electron chi connectivity index (χ4n) is 3.65. The molecule has 0 unspecified atom stereocenters. The van der Waals surface area contributed by atoms with Crippen LogP contribution in [0, 0.1) is 12.7 Å². The van der Waals surface area contributed by atoms with Crippen LogP contribution in [-0.2, 0) is 17.4 Å². The van der Waals surface area contributed by atoms with Crippen LogP contribution < -0.4 is 10.2 Å². The monoisotopic (exact) mass is 459 g/mol. The Balaban J connectivity index is 1.87. The second kappa shape index (κ2) is 10.5. The Morgan fingerprint density at radius 1 is 1.09 bits per heavy atom. The summed E-state index contributed by atoms with van der Waals surface area (Å²) in [7, 11) is 1.56. The Morgan fingerprint density at radius 2 is 1.82 bits per heavy atom. The van der Waals surface area contributed by atoms with E-state index in [0.717, 1.165) is 11.6 Å². The molecule has 1 atom stereocenters. The number of amides is 1. The average molecular weight is 459 g/mol. The van der Waals surface area contributed by atoms with Gasteiger partial charge in [0.1, 0.15) is 17.6 Å². The molecule has 0 bridgehead atoms. The molecule has 1 aromatic heterocycles. The summed E-state index contributed by atoms with van der Waals surface area (Å²) in [6.07, 6.45) is -2.24. The van der Waals surface area contributed by atoms with E-state index in [1.807, 2.05) is 35.2 Å². The molecule has 0 radical (unpaired) electrons. The van der Waals surface area contributed by atoms with Crippen molar-refractivity contribution in [1.29, 1.82) is 0 Å². The molecule has 4 nitrogen and oxygen atoms in total. The van der Waals surface area contributed by atoms with E-state index in [-0.39, 0.29) is 11.7 Å². The lowest BCUT2D eigenvalue weighted by molar-refractivity contribution is -0.141. The van der Waals surface area contributed by atoms with Crippen LogP contribution in [0.2, 0.25) is 0 Å². The lowest BCUT2D eigenvalue weighted by atomic mass is 10.0. The maximum atomic E-state index is 13.9. The number of benzene rings is 2. The van der Waals surface area contributed by atoms with Gasteiger partial charge >= 0.3 is 6.18 Å². The van der Waals surface area contributed by atoms with Gasteiger partial charge in [-0.3, -0.25) is 9.78 Å². The smallest absolute Gasteiger partial charge is 0.357 e. The minimum atomic E-state index is -4.48. The van der Waals surface area contributed by atoms with Crippen LogP contribution in [-0.4, -0.2) is 24.5 Å². The van der Waals surface area contributed by atoms with Crippen LogP contribution in [0.4, 0.5) is 23.2 Å². The second-order valence-corrected chi connectivity index (χ2v) is 7.71. The average Bonchev–Trinajstić information content (AvgIpc) is 2.80. The minimum Gasteiger partial charge on any atom is -0.357 e. The standard InChI is InChI=1S/C25H25F4N3O/c1-17-15-20(11-12-21(17)26)32(23(24(33)30-2)19-8-4-3-5-9-19)14-6-7-18-10-13-22(31-16-18)25(27,28)29/h3-5,8-13,15-16,23H,6-7,14H2,1-2H3,(H,30,33)/t23-/m0/s1. The molecule has 33 heavy (non-hydrogen) atoms. The van der Waals surface area contributed by atoms with Gasteiger partial charge in [0.15, 0.2) is 0 Å². The van der Waals surface area contributed by atoms with Crippen LogP contribution in [0.5, 0.6) is 0 Å². The van der Waals surface area contributed by atoms with E-state index in [0.29, 0.717) is 36.2 Å². The molecule has 1 amide bonds. The second-order valence-electron chi connectivity index (χ2n) is 7.71. The molecule has 0 saturated carbocycles. The molecule has 1 N–H and O–H groups in total. The van der Waals surface area contributed by atoms with Gasteiger partial charge in [-0.05, 0) is 60.7 Å². The van der Waals surface area contributed by atoms with E-state index in [2.05, 4.69) is 10.3 Å². The fraction of sp³-hybridized carbons (Fsp3) is 0.280. The molecular weight excluding hydrogens is 434 g/mol. The number of aryl methyl sites for hydroxylation is 2. The highest BCUT2D eigenvalue weighted by molar-refractivity contribution is 5.86. The number of likely N-dealkylation sites (N-methyl/N-ethyl adjacent to an activating group) is 1. The van der Waals surface area contributed by atoms with Gasteiger partial charge in [0.2, 0.25) is 5.91 Å². The molecule has 3 rings (SSSR count). The number of alkyl halides is 3. The van der Waals surface area contributed by atoms with Crippen LogP contribution in [0.15, 0.2) is 66.9 Å². The Bertz CT molecular complexity index is 1070. The molecule has 174 valence electrons. The van der Waals surface area contributed by atoms with Crippen molar-refractivity contribution >= 4 is 11.6 Å². The quantitative estimate of drug-likeness (QED) is 0.454. The zero-order chi connectivity index (χ0) is 24.0. The van der Waals surface area contributed by atoms with E-state index in [9.17, 15) is 22.4 Å². The van der Waals surface area contributed by atoms with Gasteiger partial charge in [-0.2, -0.15) is 13.2 Å². The topological polar surface area (TPSA) is 45.2 Å². The number of carbonyl (C=O) groups excluding carboxylic acids is 1. The summed E-state index contributed by atoms with van der Waals surface area (Å²) in [5, 5.41) is 2.70. The van der Waals surface area contributed by atoms with Crippen molar-refractivity contribution in [1.82, 2.24) is 10.3 Å². The Morgan fingerprint density at radius 3 is 2.39 bits per heavy atom. The van der Waals surface area contributed by atoms with Crippen molar-refractivity contribution in [2.75, 3.05) is 18.5 Å². The largest absolute Gasteiger partial charge is 0.433 e. The van der Waals surface area contributed by atoms with Gasteiger partial charge in [0.25, 0.3) is 0 Å². The summed E-state index contributed by atoms with van der Waals surface area (Å²) in [5.74, 6) is -0.565. The van der Waals surface area contributed by atoms with Crippen LogP contribution >= 0.6 is 0 Å². The summed E-state index contributed by atoms with van der Waals surface area (Å²) >= 11 is 0. The Kier molecular flexibility index (Phi) is 7.68. The maximum absolute atomic E-state index is 13.9. The first-order valence-corrected chi connectivity index (χ1v) is 10.5. The summed E-state index contributed by atoms with van der Waals surface area (Å²) in [4.78, 5) is 18.3. The normalized spacial score (nSPS) is 12.3. The number of nitrogens with zero attached hydrogens (tertiary/aromatic N) is 2. The van der Waals surface area contributed by atoms with Crippen LogP contribution in [0.25, 0.3) is 0 Å². The molecule has 0 spiro atoms. The summed E-state index contributed by atoms with van der Waals surface area (Å²) < 4.78 is 52.2. The fourth-order valence-corrected chi connectivity index (χ4v) is 3.65. The van der Waals surface area contributed by atoms with Gasteiger partial charge in [0.05, 0.1) is 0 Å². The Hall–Kier alpha value is -3.42. The lowest BCUT2D eigenvalue weighted by Crippen LogP contribution is -2.40. The molecule has 8 heteroatoms. The SMILES string of the molecule is CNC(=O)[C@H](c1ccccc1)N(CCCc1ccc(C(F)(F)F)nc1)c1ccc(F)c(C)c1. The van der Waals surface area contributed by atoms with Crippen molar-refractivity contribution < 1.29 is 22.4 Å². The molecule has 0 fully saturated rings. The zero-order valence-corrected chi connectivity index (χ0v) is 18.4. The van der Waals surface area contributed by atoms with E-state index < -0.39 is 17.9 Å². The molecule has 0 saturated heterocycles. The molecule has 1 heterocycles. The van der Waals surface area contributed by atoms with Gasteiger partial charge in [0, 0.05) is 25.5 Å². The van der Waals surface area contributed by atoms with E-state index in [1.54, 1.807) is 26.1 Å². The highest BCUT2D eigenvalue weighted by atomic mass is 19.4. The third-order valence-corrected chi connectivity index (χ3v) is 5.37. The molecule has 0 aliphatic rings. The van der Waals surface area contributed by atoms with Gasteiger partial charge < -0.3 is 10.2 Å². The van der Waals surface area contributed by atoms with E-state index >= 15 is 0 Å². The van der Waals surface area contributed by atoms with E-state index in [1.165, 1.54) is 18.3 Å². The number of pyridine rings is 1. The number of anilines is 1. The summed E-state index contributed by atoms with van der Waals surface area (Å²) in [6.45, 7) is 2.07. The number of hydrogen-bond acceptors (Lipinski definition) is 3. The number of rotatable bonds is 8. The first kappa shape index (κ1) is 24.2. The lowest BCUT2D eigenvalue weighted by Gasteiger charge is -2.33. The third-order valence-electron chi connectivity index (χ3n) is 5.37. The number of hydrogen-bond donors (Lipinski definition) is 1. The molecule has 0 aliphatic heterocycles. The van der Waals surface area contributed by atoms with Crippen molar-refractivity contribution in [3.8, 4) is 0 Å². The predicted molar refractivity (Wildman–Crippen MR) is 119 cm³/mol. The maximum Gasteiger partial charge on any atom is 0.433 e.